The van der Waals surface area contributed by atoms with E-state index < -0.39 is 0 Å². The van der Waals surface area contributed by atoms with Gasteiger partial charge in [-0.2, -0.15) is 0 Å². The largest absolute Gasteiger partial charge is 0.363 e. The number of rotatable bonds is 1. The predicted molar refractivity (Wildman–Crippen MR) is 47.3 cm³/mol. The molecule has 0 spiro atoms. The molecule has 12 heavy (non-hydrogen) atoms. The Morgan fingerprint density at radius 3 is 2.92 bits per heavy atom. The number of fused-ring (bicyclic) bond motifs is 1. The van der Waals surface area contributed by atoms with Crippen molar-refractivity contribution in [2.45, 2.75) is 0 Å². The molecule has 0 aliphatic rings. The van der Waals surface area contributed by atoms with E-state index in [2.05, 4.69) is 9.97 Å². The molecule has 0 N–H and O–H groups in total. The molecule has 0 saturated carbocycles. The Kier molecular flexibility index (Phi) is 1.46. The normalized spacial score (nSPS) is 10.5. The van der Waals surface area contributed by atoms with Crippen molar-refractivity contribution >= 4 is 11.5 Å². The van der Waals surface area contributed by atoms with Gasteiger partial charge in [-0.25, -0.2) is 4.98 Å². The molecule has 2 rings (SSSR count). The summed E-state index contributed by atoms with van der Waals surface area (Å²) in [7, 11) is 3.98. The van der Waals surface area contributed by atoms with Crippen LogP contribution in [0.1, 0.15) is 0 Å². The molecular formula is C8H10N4. The molecule has 0 aliphatic heterocycles. The molecule has 62 valence electrons. The third kappa shape index (κ3) is 0.922. The van der Waals surface area contributed by atoms with E-state index in [9.17, 15) is 0 Å². The van der Waals surface area contributed by atoms with Crippen molar-refractivity contribution in [3.05, 3.63) is 24.8 Å². The van der Waals surface area contributed by atoms with E-state index in [0.29, 0.717) is 0 Å². The number of nitrogens with zero attached hydrogens (tertiary/aromatic N) is 4. The Morgan fingerprint density at radius 2 is 2.17 bits per heavy atom. The summed E-state index contributed by atoms with van der Waals surface area (Å²) in [6, 6.07) is 0. The maximum atomic E-state index is 4.20. The topological polar surface area (TPSA) is 33.4 Å². The van der Waals surface area contributed by atoms with E-state index in [1.807, 2.05) is 35.8 Å². The summed E-state index contributed by atoms with van der Waals surface area (Å²) in [4.78, 5) is 10.2. The molecule has 0 aliphatic carbocycles. The van der Waals surface area contributed by atoms with E-state index in [4.69, 9.17) is 0 Å². The first-order chi connectivity index (χ1) is 5.79. The van der Waals surface area contributed by atoms with Crippen molar-refractivity contribution in [2.24, 2.45) is 0 Å². The molecule has 0 amide bonds. The van der Waals surface area contributed by atoms with Gasteiger partial charge in [0.1, 0.15) is 5.82 Å². The number of anilines is 1. The average molecular weight is 162 g/mol. The molecule has 4 heteroatoms. The number of hydrogen-bond donors (Lipinski definition) is 0. The van der Waals surface area contributed by atoms with Gasteiger partial charge in [-0.05, 0) is 0 Å². The Labute approximate surface area is 70.5 Å². The average Bonchev–Trinajstić information content (AvgIpc) is 2.47. The molecule has 4 nitrogen and oxygen atoms in total. The second-order valence-corrected chi connectivity index (χ2v) is 2.82. The lowest BCUT2D eigenvalue weighted by molar-refractivity contribution is 1.02. The summed E-state index contributed by atoms with van der Waals surface area (Å²) < 4.78 is 1.99. The fourth-order valence-corrected chi connectivity index (χ4v) is 1.16. The van der Waals surface area contributed by atoms with Crippen LogP contribution in [0.25, 0.3) is 5.65 Å². The fraction of sp³-hybridized carbons (Fsp3) is 0.250. The minimum absolute atomic E-state index is 0.876. The van der Waals surface area contributed by atoms with Gasteiger partial charge in [0.25, 0.3) is 0 Å². The molecule has 2 aromatic rings. The van der Waals surface area contributed by atoms with Crippen LogP contribution >= 0.6 is 0 Å². The van der Waals surface area contributed by atoms with Gasteiger partial charge in [-0.1, -0.05) is 0 Å². The van der Waals surface area contributed by atoms with Crippen LogP contribution in [-0.2, 0) is 0 Å². The minimum Gasteiger partial charge on any atom is -0.363 e. The maximum Gasteiger partial charge on any atom is 0.156 e. The number of aromatic nitrogens is 3. The van der Waals surface area contributed by atoms with Crippen LogP contribution in [0.3, 0.4) is 0 Å². The number of hydrogen-bond acceptors (Lipinski definition) is 3. The van der Waals surface area contributed by atoms with Crippen molar-refractivity contribution in [2.75, 3.05) is 19.0 Å². The van der Waals surface area contributed by atoms with E-state index in [1.54, 1.807) is 12.4 Å². The summed E-state index contributed by atoms with van der Waals surface area (Å²) >= 11 is 0. The first-order valence-electron chi connectivity index (χ1n) is 3.73. The summed E-state index contributed by atoms with van der Waals surface area (Å²) in [5.74, 6) is 1.06. The molecule has 0 aromatic carbocycles. The van der Waals surface area contributed by atoms with Crippen molar-refractivity contribution in [1.82, 2.24) is 14.4 Å². The highest BCUT2D eigenvalue weighted by molar-refractivity contribution is 5.49. The van der Waals surface area contributed by atoms with Crippen LogP contribution < -0.4 is 4.90 Å². The molecule has 0 fully saturated rings. The fourth-order valence-electron chi connectivity index (χ4n) is 1.16. The van der Waals surface area contributed by atoms with Crippen LogP contribution in [0.4, 0.5) is 5.82 Å². The zero-order valence-electron chi connectivity index (χ0n) is 7.10. The van der Waals surface area contributed by atoms with Gasteiger partial charge in [-0.15, -0.1) is 0 Å². The van der Waals surface area contributed by atoms with Crippen molar-refractivity contribution < 1.29 is 0 Å². The third-order valence-electron chi connectivity index (χ3n) is 1.76. The van der Waals surface area contributed by atoms with Crippen LogP contribution in [0.5, 0.6) is 0 Å². The Balaban J connectivity index is 2.70. The highest BCUT2D eigenvalue weighted by Crippen LogP contribution is 2.11. The van der Waals surface area contributed by atoms with Gasteiger partial charge in [0.05, 0.1) is 12.4 Å². The number of imidazole rings is 1. The lowest BCUT2D eigenvalue weighted by atomic mass is 10.6. The predicted octanol–water partition coefficient (Wildman–Crippen LogP) is 0.795. The highest BCUT2D eigenvalue weighted by Gasteiger charge is 2.02. The second kappa shape index (κ2) is 2.48. The van der Waals surface area contributed by atoms with Gasteiger partial charge >= 0.3 is 0 Å². The van der Waals surface area contributed by atoms with Crippen LogP contribution in [0.15, 0.2) is 24.8 Å². The van der Waals surface area contributed by atoms with Gasteiger partial charge in [0.2, 0.25) is 0 Å². The van der Waals surface area contributed by atoms with Crippen molar-refractivity contribution in [3.63, 3.8) is 0 Å². The quantitative estimate of drug-likeness (QED) is 0.621. The molecule has 2 heterocycles. The maximum absolute atomic E-state index is 4.20. The lowest BCUT2D eigenvalue weighted by Crippen LogP contribution is -2.10. The van der Waals surface area contributed by atoms with E-state index in [1.165, 1.54) is 0 Å². The molecule has 0 radical (unpaired) electrons. The van der Waals surface area contributed by atoms with Crippen molar-refractivity contribution in [1.29, 1.82) is 0 Å². The van der Waals surface area contributed by atoms with Crippen LogP contribution in [0.2, 0.25) is 0 Å². The Bertz CT molecular complexity index is 391. The smallest absolute Gasteiger partial charge is 0.156 e. The summed E-state index contributed by atoms with van der Waals surface area (Å²) in [5.41, 5.74) is 0.876. The minimum atomic E-state index is 0.876. The molecule has 0 bridgehead atoms. The first-order valence-corrected chi connectivity index (χ1v) is 3.73. The van der Waals surface area contributed by atoms with Gasteiger partial charge in [0, 0.05) is 26.5 Å². The van der Waals surface area contributed by atoms with Gasteiger partial charge in [0.15, 0.2) is 5.65 Å². The van der Waals surface area contributed by atoms with Crippen LogP contribution in [0, 0.1) is 0 Å². The molecule has 0 atom stereocenters. The monoisotopic (exact) mass is 162 g/mol. The second-order valence-electron chi connectivity index (χ2n) is 2.82. The third-order valence-corrected chi connectivity index (χ3v) is 1.76. The zero-order valence-corrected chi connectivity index (χ0v) is 7.10. The van der Waals surface area contributed by atoms with E-state index >= 15 is 0 Å². The summed E-state index contributed by atoms with van der Waals surface area (Å²) in [6.07, 6.45) is 7.23. The molecule has 0 unspecified atom stereocenters. The van der Waals surface area contributed by atoms with Crippen LogP contribution in [-0.4, -0.2) is 28.5 Å². The van der Waals surface area contributed by atoms with Crippen molar-refractivity contribution in [3.8, 4) is 0 Å². The molecule has 2 aromatic heterocycles. The van der Waals surface area contributed by atoms with E-state index in [0.717, 1.165) is 11.5 Å². The standard InChI is InChI=1S/C8H10N4/c1-11(2)8-6-10-7-5-9-3-4-12(7)8/h3-6H,1-2H3. The molecular weight excluding hydrogens is 152 g/mol. The SMILES string of the molecule is CN(C)c1cnc2cnccn12. The zero-order chi connectivity index (χ0) is 8.55. The highest BCUT2D eigenvalue weighted by atomic mass is 15.2. The van der Waals surface area contributed by atoms with E-state index in [-0.39, 0.29) is 0 Å². The summed E-state index contributed by atoms with van der Waals surface area (Å²) in [5, 5.41) is 0. The Hall–Kier alpha value is -1.58. The lowest BCUT2D eigenvalue weighted by Gasteiger charge is -2.09. The first kappa shape index (κ1) is 7.09. The van der Waals surface area contributed by atoms with Gasteiger partial charge in [-0.3, -0.25) is 9.38 Å². The Morgan fingerprint density at radius 1 is 1.33 bits per heavy atom. The van der Waals surface area contributed by atoms with Gasteiger partial charge < -0.3 is 4.90 Å². The molecule has 0 saturated heterocycles. The summed E-state index contributed by atoms with van der Waals surface area (Å²) in [6.45, 7) is 0.